The summed E-state index contributed by atoms with van der Waals surface area (Å²) >= 11 is 0. The first-order valence-electron chi connectivity index (χ1n) is 6.57. The molecule has 2 rings (SSSR count). The minimum Gasteiger partial charge on any atom is -0.392 e. The summed E-state index contributed by atoms with van der Waals surface area (Å²) < 4.78 is 0. The number of aliphatic hydroxyl groups excluding tert-OH is 1. The van der Waals surface area contributed by atoms with Crippen molar-refractivity contribution in [3.63, 3.8) is 0 Å². The predicted octanol–water partition coefficient (Wildman–Crippen LogP) is -0.136. The number of nitrogens with one attached hydrogen (secondary N) is 1. The number of nitrogens with two attached hydrogens (primary N) is 1. The van der Waals surface area contributed by atoms with Gasteiger partial charge in [-0.05, 0) is 38.2 Å². The fourth-order valence-corrected chi connectivity index (χ4v) is 2.65. The molecule has 0 saturated carbocycles. The molecular weight excluding hydrogens is 242 g/mol. The zero-order chi connectivity index (χ0) is 13.8. The van der Waals surface area contributed by atoms with Crippen molar-refractivity contribution in [2.45, 2.75) is 25.1 Å². The Morgan fingerprint density at radius 3 is 3.05 bits per heavy atom. The lowest BCUT2D eigenvalue weighted by atomic mass is 10.2. The standard InChI is InChI=1S/C13H23N5O/c1-17(2)8-11-6-12(19)9-18(11)7-10-3-4-15-13(5-10)16-14/h3-5,11-12,19H,6-9,14H2,1-2H3,(H,15,16). The molecule has 2 unspecified atom stereocenters. The number of aromatic nitrogens is 1. The fraction of sp³-hybridized carbons (Fsp3) is 0.615. The van der Waals surface area contributed by atoms with Crippen molar-refractivity contribution in [1.82, 2.24) is 14.8 Å². The number of rotatable bonds is 5. The second-order valence-corrected chi connectivity index (χ2v) is 5.43. The Balaban J connectivity index is 2.03. The van der Waals surface area contributed by atoms with Crippen molar-refractivity contribution in [1.29, 1.82) is 0 Å². The van der Waals surface area contributed by atoms with Crippen molar-refractivity contribution in [2.75, 3.05) is 32.6 Å². The molecule has 6 nitrogen and oxygen atoms in total. The van der Waals surface area contributed by atoms with Crippen molar-refractivity contribution in [3.8, 4) is 0 Å². The second-order valence-electron chi connectivity index (χ2n) is 5.43. The van der Waals surface area contributed by atoms with Gasteiger partial charge >= 0.3 is 0 Å². The van der Waals surface area contributed by atoms with E-state index in [9.17, 15) is 5.11 Å². The number of hydrogen-bond donors (Lipinski definition) is 3. The zero-order valence-corrected chi connectivity index (χ0v) is 11.6. The largest absolute Gasteiger partial charge is 0.392 e. The number of anilines is 1. The average Bonchev–Trinajstić information content (AvgIpc) is 2.69. The SMILES string of the molecule is CN(C)CC1CC(O)CN1Cc1ccnc(NN)c1. The smallest absolute Gasteiger partial charge is 0.140 e. The average molecular weight is 265 g/mol. The molecule has 1 fully saturated rings. The molecule has 1 aliphatic heterocycles. The van der Waals surface area contributed by atoms with Crippen LogP contribution in [0.15, 0.2) is 18.3 Å². The van der Waals surface area contributed by atoms with Gasteiger partial charge in [-0.2, -0.15) is 0 Å². The summed E-state index contributed by atoms with van der Waals surface area (Å²) in [5.41, 5.74) is 3.71. The van der Waals surface area contributed by atoms with Crippen LogP contribution in [0.5, 0.6) is 0 Å². The lowest BCUT2D eigenvalue weighted by molar-refractivity contribution is 0.169. The lowest BCUT2D eigenvalue weighted by Crippen LogP contribution is -2.37. The minimum absolute atomic E-state index is 0.223. The highest BCUT2D eigenvalue weighted by Gasteiger charge is 2.30. The van der Waals surface area contributed by atoms with Crippen molar-refractivity contribution in [3.05, 3.63) is 23.9 Å². The molecule has 106 valence electrons. The summed E-state index contributed by atoms with van der Waals surface area (Å²) in [6.07, 6.45) is 2.36. The van der Waals surface area contributed by atoms with E-state index >= 15 is 0 Å². The van der Waals surface area contributed by atoms with Gasteiger partial charge in [0, 0.05) is 31.9 Å². The first kappa shape index (κ1) is 14.2. The van der Waals surface area contributed by atoms with Gasteiger partial charge in [0.25, 0.3) is 0 Å². The maximum absolute atomic E-state index is 9.86. The Labute approximate surface area is 114 Å². The van der Waals surface area contributed by atoms with Crippen LogP contribution in [0.4, 0.5) is 5.82 Å². The van der Waals surface area contributed by atoms with Crippen LogP contribution in [-0.2, 0) is 6.54 Å². The predicted molar refractivity (Wildman–Crippen MR) is 75.4 cm³/mol. The van der Waals surface area contributed by atoms with E-state index in [-0.39, 0.29) is 6.10 Å². The topological polar surface area (TPSA) is 77.7 Å². The van der Waals surface area contributed by atoms with Crippen LogP contribution >= 0.6 is 0 Å². The van der Waals surface area contributed by atoms with Crippen molar-refractivity contribution < 1.29 is 5.11 Å². The van der Waals surface area contributed by atoms with E-state index in [0.717, 1.165) is 31.6 Å². The third kappa shape index (κ3) is 3.87. The van der Waals surface area contributed by atoms with E-state index in [1.807, 2.05) is 12.1 Å². The second kappa shape index (κ2) is 6.29. The molecular formula is C13H23N5O. The fourth-order valence-electron chi connectivity index (χ4n) is 2.65. The number of likely N-dealkylation sites (tertiary alicyclic amines) is 1. The van der Waals surface area contributed by atoms with Gasteiger partial charge in [-0.25, -0.2) is 10.8 Å². The number of hydrazine groups is 1. The van der Waals surface area contributed by atoms with Gasteiger partial charge in [0.1, 0.15) is 5.82 Å². The monoisotopic (exact) mass is 265 g/mol. The summed E-state index contributed by atoms with van der Waals surface area (Å²) in [7, 11) is 4.12. The van der Waals surface area contributed by atoms with Crippen LogP contribution in [0.1, 0.15) is 12.0 Å². The molecule has 1 aromatic heterocycles. The summed E-state index contributed by atoms with van der Waals surface area (Å²) in [6, 6.07) is 4.32. The Morgan fingerprint density at radius 1 is 1.58 bits per heavy atom. The number of nitrogens with zero attached hydrogens (tertiary/aromatic N) is 3. The maximum Gasteiger partial charge on any atom is 0.140 e. The number of likely N-dealkylation sites (N-methyl/N-ethyl adjacent to an activating group) is 1. The van der Waals surface area contributed by atoms with Gasteiger partial charge in [-0.15, -0.1) is 0 Å². The highest BCUT2D eigenvalue weighted by atomic mass is 16.3. The summed E-state index contributed by atoms with van der Waals surface area (Å²) in [5.74, 6) is 6.04. The van der Waals surface area contributed by atoms with Crippen LogP contribution in [0.2, 0.25) is 0 Å². The summed E-state index contributed by atoms with van der Waals surface area (Å²) in [6.45, 7) is 2.50. The van der Waals surface area contributed by atoms with E-state index in [1.54, 1.807) is 6.20 Å². The Kier molecular flexibility index (Phi) is 4.71. The van der Waals surface area contributed by atoms with Gasteiger partial charge in [0.2, 0.25) is 0 Å². The number of nitrogen functional groups attached to an aromatic ring is 1. The molecule has 2 atom stereocenters. The molecule has 6 heteroatoms. The number of hydrogen-bond acceptors (Lipinski definition) is 6. The molecule has 0 aliphatic carbocycles. The van der Waals surface area contributed by atoms with Crippen LogP contribution in [0.25, 0.3) is 0 Å². The molecule has 0 radical (unpaired) electrons. The number of pyridine rings is 1. The van der Waals surface area contributed by atoms with E-state index in [4.69, 9.17) is 5.84 Å². The molecule has 2 heterocycles. The zero-order valence-electron chi connectivity index (χ0n) is 11.6. The third-order valence-corrected chi connectivity index (χ3v) is 3.44. The minimum atomic E-state index is -0.223. The van der Waals surface area contributed by atoms with E-state index in [1.165, 1.54) is 0 Å². The van der Waals surface area contributed by atoms with Crippen LogP contribution in [-0.4, -0.2) is 59.2 Å². The number of aliphatic hydroxyl groups is 1. The van der Waals surface area contributed by atoms with Crippen LogP contribution in [0, 0.1) is 0 Å². The van der Waals surface area contributed by atoms with Crippen molar-refractivity contribution >= 4 is 5.82 Å². The molecule has 0 aromatic carbocycles. The molecule has 1 aromatic rings. The summed E-state index contributed by atoms with van der Waals surface area (Å²) in [5, 5.41) is 9.86. The molecule has 0 amide bonds. The normalized spacial score (nSPS) is 24.1. The Bertz CT molecular complexity index is 412. The highest BCUT2D eigenvalue weighted by Crippen LogP contribution is 2.21. The lowest BCUT2D eigenvalue weighted by Gasteiger charge is -2.26. The van der Waals surface area contributed by atoms with Crippen molar-refractivity contribution in [2.24, 2.45) is 5.84 Å². The maximum atomic E-state index is 9.86. The third-order valence-electron chi connectivity index (χ3n) is 3.44. The first-order valence-corrected chi connectivity index (χ1v) is 6.57. The van der Waals surface area contributed by atoms with Gasteiger partial charge in [-0.3, -0.25) is 4.90 Å². The van der Waals surface area contributed by atoms with E-state index in [2.05, 4.69) is 34.3 Å². The molecule has 0 bridgehead atoms. The van der Waals surface area contributed by atoms with Gasteiger partial charge < -0.3 is 15.4 Å². The quantitative estimate of drug-likeness (QED) is 0.508. The highest BCUT2D eigenvalue weighted by molar-refractivity contribution is 5.35. The van der Waals surface area contributed by atoms with Gasteiger partial charge in [0.05, 0.1) is 6.10 Å². The van der Waals surface area contributed by atoms with Crippen LogP contribution < -0.4 is 11.3 Å². The van der Waals surface area contributed by atoms with Gasteiger partial charge in [0.15, 0.2) is 0 Å². The number of β-amino-alcohol motifs (C(OH)–C–C–N with tert-alkyl or cyclic N) is 1. The van der Waals surface area contributed by atoms with Gasteiger partial charge in [-0.1, -0.05) is 0 Å². The molecule has 4 N–H and O–H groups in total. The molecule has 0 spiro atoms. The Hall–Kier alpha value is -1.21. The molecule has 19 heavy (non-hydrogen) atoms. The first-order chi connectivity index (χ1) is 9.08. The van der Waals surface area contributed by atoms with Crippen LogP contribution in [0.3, 0.4) is 0 Å². The summed E-state index contributed by atoms with van der Waals surface area (Å²) in [4.78, 5) is 8.58. The van der Waals surface area contributed by atoms with E-state index < -0.39 is 0 Å². The Morgan fingerprint density at radius 2 is 2.37 bits per heavy atom. The molecule has 1 saturated heterocycles. The van der Waals surface area contributed by atoms with E-state index in [0.29, 0.717) is 11.9 Å². The molecule has 1 aliphatic rings.